The van der Waals surface area contributed by atoms with E-state index in [-0.39, 0.29) is 17.5 Å². The Kier molecular flexibility index (Phi) is 5.24. The van der Waals surface area contributed by atoms with Crippen LogP contribution < -0.4 is 5.56 Å². The average Bonchev–Trinajstić information content (AvgIpc) is 2.62. The largest absolute Gasteiger partial charge is 0.362 e. The van der Waals surface area contributed by atoms with Gasteiger partial charge < -0.3 is 14.1 Å². The van der Waals surface area contributed by atoms with Gasteiger partial charge in [-0.15, -0.1) is 0 Å². The minimum absolute atomic E-state index is 0.219. The van der Waals surface area contributed by atoms with Crippen LogP contribution in [0.1, 0.15) is 31.2 Å². The van der Waals surface area contributed by atoms with Crippen LogP contribution >= 0.6 is 0 Å². The number of carbonyl (C=O) groups is 1. The first kappa shape index (κ1) is 19.0. The molecule has 0 amide bonds. The summed E-state index contributed by atoms with van der Waals surface area (Å²) in [6.07, 6.45) is -0.478. The molecule has 1 heterocycles. The molecule has 0 aliphatic carbocycles. The number of pyridine rings is 1. The molecule has 5 heteroatoms. The number of halogens is 1. The van der Waals surface area contributed by atoms with E-state index in [1.807, 2.05) is 32.9 Å². The third-order valence-corrected chi connectivity index (χ3v) is 4.52. The van der Waals surface area contributed by atoms with Crippen LogP contribution in [0.15, 0.2) is 47.3 Å². The van der Waals surface area contributed by atoms with Crippen LogP contribution in [0.5, 0.6) is 0 Å². The number of aldehydes is 1. The number of aromatic nitrogens is 1. The quantitative estimate of drug-likeness (QED) is 0.631. The van der Waals surface area contributed by atoms with Gasteiger partial charge in [-0.3, -0.25) is 4.79 Å². The van der Waals surface area contributed by atoms with Gasteiger partial charge in [0.1, 0.15) is 5.82 Å². The lowest BCUT2D eigenvalue weighted by atomic mass is 9.93. The fourth-order valence-corrected chi connectivity index (χ4v) is 3.38. The number of aryl methyl sites for hydroxylation is 1. The van der Waals surface area contributed by atoms with Crippen LogP contribution in [0.4, 0.5) is 4.39 Å². The van der Waals surface area contributed by atoms with Crippen molar-refractivity contribution in [2.75, 3.05) is 0 Å². The van der Waals surface area contributed by atoms with Crippen molar-refractivity contribution in [2.24, 2.45) is 7.05 Å². The highest BCUT2D eigenvalue weighted by molar-refractivity contribution is 5.98. The molecule has 0 saturated heterocycles. The maximum atomic E-state index is 14.0. The SMILES string of the molecule is Cc1ccc2c(=O)n(C)c(C(C=O)OC(C)C)c(-c3cccc(F)c3)c2c1. The molecule has 4 nitrogen and oxygen atoms in total. The van der Waals surface area contributed by atoms with Crippen molar-refractivity contribution in [2.45, 2.75) is 33.0 Å². The molecule has 0 fully saturated rings. The second-order valence-electron chi connectivity index (χ2n) is 6.93. The lowest BCUT2D eigenvalue weighted by molar-refractivity contribution is -0.121. The van der Waals surface area contributed by atoms with Crippen molar-refractivity contribution in [3.63, 3.8) is 0 Å². The maximum Gasteiger partial charge on any atom is 0.258 e. The molecule has 0 aliphatic rings. The molecule has 27 heavy (non-hydrogen) atoms. The number of hydrogen-bond acceptors (Lipinski definition) is 3. The van der Waals surface area contributed by atoms with Crippen molar-refractivity contribution < 1.29 is 13.9 Å². The van der Waals surface area contributed by atoms with E-state index in [1.54, 1.807) is 25.2 Å². The molecule has 140 valence electrons. The van der Waals surface area contributed by atoms with Crippen molar-refractivity contribution in [3.8, 4) is 11.1 Å². The third kappa shape index (κ3) is 3.55. The van der Waals surface area contributed by atoms with Gasteiger partial charge >= 0.3 is 0 Å². The highest BCUT2D eigenvalue weighted by Crippen LogP contribution is 2.35. The van der Waals surface area contributed by atoms with Crippen LogP contribution in [-0.2, 0) is 16.6 Å². The van der Waals surface area contributed by atoms with Gasteiger partial charge in [0.25, 0.3) is 5.56 Å². The summed E-state index contributed by atoms with van der Waals surface area (Å²) >= 11 is 0. The first-order valence-electron chi connectivity index (χ1n) is 8.83. The van der Waals surface area contributed by atoms with Gasteiger partial charge in [-0.1, -0.05) is 29.8 Å². The smallest absolute Gasteiger partial charge is 0.258 e. The minimum Gasteiger partial charge on any atom is -0.362 e. The number of hydrogen-bond donors (Lipinski definition) is 0. The summed E-state index contributed by atoms with van der Waals surface area (Å²) in [6, 6.07) is 11.7. The zero-order valence-electron chi connectivity index (χ0n) is 15.8. The molecule has 0 radical (unpaired) electrons. The molecule has 0 bridgehead atoms. The average molecular weight is 367 g/mol. The Labute approximate surface area is 157 Å². The van der Waals surface area contributed by atoms with Crippen molar-refractivity contribution in [3.05, 3.63) is 69.9 Å². The number of carbonyl (C=O) groups excluding carboxylic acids is 1. The highest BCUT2D eigenvalue weighted by atomic mass is 19.1. The van der Waals surface area contributed by atoms with E-state index in [0.717, 1.165) is 5.56 Å². The van der Waals surface area contributed by atoms with Gasteiger partial charge in [0.05, 0.1) is 11.8 Å². The molecule has 3 aromatic rings. The summed E-state index contributed by atoms with van der Waals surface area (Å²) in [6.45, 7) is 5.57. The number of benzene rings is 2. The number of nitrogens with zero attached hydrogens (tertiary/aromatic N) is 1. The van der Waals surface area contributed by atoms with E-state index >= 15 is 0 Å². The van der Waals surface area contributed by atoms with Crippen LogP contribution in [0.2, 0.25) is 0 Å². The minimum atomic E-state index is -0.939. The van der Waals surface area contributed by atoms with Crippen LogP contribution in [0.25, 0.3) is 21.9 Å². The highest BCUT2D eigenvalue weighted by Gasteiger charge is 2.25. The Hall–Kier alpha value is -2.79. The fourth-order valence-electron chi connectivity index (χ4n) is 3.38. The topological polar surface area (TPSA) is 48.3 Å². The normalized spacial score (nSPS) is 12.5. The van der Waals surface area contributed by atoms with E-state index in [1.165, 1.54) is 16.7 Å². The summed E-state index contributed by atoms with van der Waals surface area (Å²) in [5.74, 6) is -0.388. The number of ether oxygens (including phenoxy) is 1. The second-order valence-corrected chi connectivity index (χ2v) is 6.93. The van der Waals surface area contributed by atoms with Gasteiger partial charge in [-0.25, -0.2) is 4.39 Å². The Morgan fingerprint density at radius 2 is 1.85 bits per heavy atom. The number of fused-ring (bicyclic) bond motifs is 1. The summed E-state index contributed by atoms with van der Waals surface area (Å²) in [4.78, 5) is 24.8. The lowest BCUT2D eigenvalue weighted by Gasteiger charge is -2.23. The Morgan fingerprint density at radius 1 is 1.11 bits per heavy atom. The van der Waals surface area contributed by atoms with Crippen molar-refractivity contribution >= 4 is 17.1 Å². The van der Waals surface area contributed by atoms with E-state index < -0.39 is 6.10 Å². The molecule has 0 saturated carbocycles. The van der Waals surface area contributed by atoms with Gasteiger partial charge in [0.15, 0.2) is 12.4 Å². The predicted octanol–water partition coefficient (Wildman–Crippen LogP) is 4.32. The molecule has 1 unspecified atom stereocenters. The van der Waals surface area contributed by atoms with E-state index in [9.17, 15) is 14.0 Å². The summed E-state index contributed by atoms with van der Waals surface area (Å²) in [5, 5.41) is 1.19. The first-order valence-corrected chi connectivity index (χ1v) is 8.83. The summed E-state index contributed by atoms with van der Waals surface area (Å²) < 4.78 is 21.2. The standard InChI is InChI=1S/C22H22FNO3/c1-13(2)27-19(12-25)21-20(15-6-5-7-16(23)11-15)18-10-14(3)8-9-17(18)22(26)24(21)4/h5-13,19H,1-4H3. The van der Waals surface area contributed by atoms with Gasteiger partial charge in [0.2, 0.25) is 0 Å². The molecule has 1 atom stereocenters. The van der Waals surface area contributed by atoms with E-state index in [0.29, 0.717) is 33.9 Å². The predicted molar refractivity (Wildman–Crippen MR) is 104 cm³/mol. The zero-order valence-corrected chi connectivity index (χ0v) is 15.8. The zero-order chi connectivity index (χ0) is 19.7. The van der Waals surface area contributed by atoms with Gasteiger partial charge in [0, 0.05) is 18.0 Å². The second kappa shape index (κ2) is 7.45. The number of rotatable bonds is 5. The Morgan fingerprint density at radius 3 is 2.48 bits per heavy atom. The summed E-state index contributed by atoms with van der Waals surface area (Å²) in [7, 11) is 1.61. The molecule has 0 spiro atoms. The van der Waals surface area contributed by atoms with Gasteiger partial charge in [-0.05, 0) is 49.9 Å². The van der Waals surface area contributed by atoms with Crippen LogP contribution in [-0.4, -0.2) is 17.0 Å². The van der Waals surface area contributed by atoms with E-state index in [2.05, 4.69) is 0 Å². The van der Waals surface area contributed by atoms with E-state index in [4.69, 9.17) is 4.74 Å². The molecule has 0 aliphatic heterocycles. The molecular weight excluding hydrogens is 345 g/mol. The molecule has 1 aromatic heterocycles. The third-order valence-electron chi connectivity index (χ3n) is 4.52. The molecule has 0 N–H and O–H groups in total. The monoisotopic (exact) mass is 367 g/mol. The molecule has 2 aromatic carbocycles. The lowest BCUT2D eigenvalue weighted by Crippen LogP contribution is -2.26. The molecular formula is C22H22FNO3. The van der Waals surface area contributed by atoms with Crippen LogP contribution in [0, 0.1) is 12.7 Å². The fraction of sp³-hybridized carbons (Fsp3) is 0.273. The summed E-state index contributed by atoms with van der Waals surface area (Å²) in [5.41, 5.74) is 2.39. The van der Waals surface area contributed by atoms with Gasteiger partial charge in [-0.2, -0.15) is 0 Å². The Balaban J connectivity index is 2.49. The molecule has 3 rings (SSSR count). The van der Waals surface area contributed by atoms with Crippen molar-refractivity contribution in [1.29, 1.82) is 0 Å². The maximum absolute atomic E-state index is 14.0. The Bertz CT molecular complexity index is 1070. The van der Waals surface area contributed by atoms with Crippen LogP contribution in [0.3, 0.4) is 0 Å². The van der Waals surface area contributed by atoms with Crippen molar-refractivity contribution in [1.82, 2.24) is 4.57 Å². The first-order chi connectivity index (χ1) is 12.8.